The minimum absolute atomic E-state index is 0.107. The minimum Gasteiger partial charge on any atom is -0.383 e. The number of fused-ring (bicyclic) bond motifs is 1. The van der Waals surface area contributed by atoms with E-state index in [-0.39, 0.29) is 35.1 Å². The highest BCUT2D eigenvalue weighted by Crippen LogP contribution is 2.55. The van der Waals surface area contributed by atoms with Crippen LogP contribution in [-0.2, 0) is 12.0 Å². The lowest BCUT2D eigenvalue weighted by molar-refractivity contribution is -0.182. The Morgan fingerprint density at radius 2 is 1.81 bits per heavy atom. The van der Waals surface area contributed by atoms with Crippen molar-refractivity contribution in [3.8, 4) is 12.1 Å². The number of nitrogens with zero attached hydrogens (tertiary/aromatic N) is 7. The van der Waals surface area contributed by atoms with Gasteiger partial charge in [-0.25, -0.2) is 9.67 Å². The number of pyridine rings is 2. The van der Waals surface area contributed by atoms with Gasteiger partial charge in [-0.3, -0.25) is 4.98 Å². The number of anilines is 2. The number of aryl methyl sites for hydroxylation is 1. The summed E-state index contributed by atoms with van der Waals surface area (Å²) in [7, 11) is 0. The molecule has 1 atom stereocenters. The van der Waals surface area contributed by atoms with Crippen LogP contribution in [0.15, 0.2) is 36.7 Å². The van der Waals surface area contributed by atoms with E-state index in [1.807, 2.05) is 20.8 Å². The summed E-state index contributed by atoms with van der Waals surface area (Å²) in [6.45, 7) is 8.41. The van der Waals surface area contributed by atoms with Crippen LogP contribution >= 0.6 is 0 Å². The SMILES string of the molecule is CCc1nc(F)ccc1[C@H](Nc1cc(C#N)c2ncc(C#N)c(NCC(C)(C)C)c2c1)c1cn(C2(C(F)(F)F)CC2)nn1. The Balaban J connectivity index is 1.65. The Bertz CT molecular complexity index is 1770. The molecular formula is C30H29F4N9. The number of hydrogen-bond donors (Lipinski definition) is 2. The first-order chi connectivity index (χ1) is 20.3. The fourth-order valence-electron chi connectivity index (χ4n) is 4.99. The Morgan fingerprint density at radius 3 is 2.42 bits per heavy atom. The molecule has 13 heteroatoms. The molecule has 222 valence electrons. The number of nitriles is 2. The van der Waals surface area contributed by atoms with Crippen molar-refractivity contribution < 1.29 is 17.6 Å². The maximum atomic E-state index is 14.1. The van der Waals surface area contributed by atoms with E-state index in [9.17, 15) is 28.1 Å². The van der Waals surface area contributed by atoms with Gasteiger partial charge in [0.25, 0.3) is 0 Å². The van der Waals surface area contributed by atoms with Crippen LogP contribution < -0.4 is 10.6 Å². The van der Waals surface area contributed by atoms with Gasteiger partial charge in [0.05, 0.1) is 34.6 Å². The summed E-state index contributed by atoms with van der Waals surface area (Å²) in [4.78, 5) is 8.37. The van der Waals surface area contributed by atoms with Crippen molar-refractivity contribution in [2.45, 2.75) is 64.7 Å². The third-order valence-corrected chi connectivity index (χ3v) is 7.44. The van der Waals surface area contributed by atoms with E-state index in [2.05, 4.69) is 43.1 Å². The molecule has 0 bridgehead atoms. The van der Waals surface area contributed by atoms with Crippen molar-refractivity contribution in [1.29, 1.82) is 10.5 Å². The highest BCUT2D eigenvalue weighted by Gasteiger charge is 2.66. The van der Waals surface area contributed by atoms with Gasteiger partial charge in [0, 0.05) is 35.1 Å². The fraction of sp³-hybridized carbons (Fsp3) is 0.400. The topological polar surface area (TPSA) is 128 Å². The van der Waals surface area contributed by atoms with Crippen molar-refractivity contribution in [3.63, 3.8) is 0 Å². The molecule has 1 fully saturated rings. The van der Waals surface area contributed by atoms with E-state index in [4.69, 9.17) is 0 Å². The number of rotatable bonds is 8. The first kappa shape index (κ1) is 29.7. The number of halogens is 4. The summed E-state index contributed by atoms with van der Waals surface area (Å²) in [6, 6.07) is 9.35. The van der Waals surface area contributed by atoms with Crippen molar-refractivity contribution >= 4 is 22.3 Å². The van der Waals surface area contributed by atoms with Gasteiger partial charge in [0.2, 0.25) is 5.95 Å². The summed E-state index contributed by atoms with van der Waals surface area (Å²) in [5, 5.41) is 34.9. The van der Waals surface area contributed by atoms with Crippen molar-refractivity contribution in [2.24, 2.45) is 5.41 Å². The number of nitrogens with one attached hydrogen (secondary N) is 2. The monoisotopic (exact) mass is 591 g/mol. The zero-order valence-corrected chi connectivity index (χ0v) is 24.0. The maximum absolute atomic E-state index is 14.1. The molecule has 4 aromatic rings. The number of benzene rings is 1. The number of alkyl halides is 3. The van der Waals surface area contributed by atoms with Crippen LogP contribution in [0.4, 0.5) is 28.9 Å². The first-order valence-corrected chi connectivity index (χ1v) is 13.7. The normalized spacial score (nSPS) is 15.0. The predicted molar refractivity (Wildman–Crippen MR) is 151 cm³/mol. The Hall–Kier alpha value is -4.78. The fourth-order valence-corrected chi connectivity index (χ4v) is 4.99. The molecule has 0 aliphatic heterocycles. The van der Waals surface area contributed by atoms with E-state index in [0.29, 0.717) is 46.5 Å². The van der Waals surface area contributed by atoms with Gasteiger partial charge in [0.1, 0.15) is 17.8 Å². The molecule has 5 rings (SSSR count). The highest BCUT2D eigenvalue weighted by atomic mass is 19.4. The molecular weight excluding hydrogens is 562 g/mol. The van der Waals surface area contributed by atoms with Crippen molar-refractivity contribution in [3.05, 3.63) is 70.7 Å². The van der Waals surface area contributed by atoms with E-state index in [1.165, 1.54) is 24.5 Å². The minimum atomic E-state index is -4.51. The zero-order chi connectivity index (χ0) is 31.2. The first-order valence-electron chi connectivity index (χ1n) is 13.7. The molecule has 1 saturated carbocycles. The van der Waals surface area contributed by atoms with Gasteiger partial charge in [-0.15, -0.1) is 5.10 Å². The number of hydrogen-bond acceptors (Lipinski definition) is 8. The van der Waals surface area contributed by atoms with Crippen molar-refractivity contribution in [1.82, 2.24) is 25.0 Å². The number of aromatic nitrogens is 5. The molecule has 0 radical (unpaired) electrons. The molecule has 1 aliphatic carbocycles. The molecule has 3 heterocycles. The second kappa shape index (κ2) is 10.8. The molecule has 9 nitrogen and oxygen atoms in total. The Kier molecular flexibility index (Phi) is 7.46. The molecule has 3 aromatic heterocycles. The van der Waals surface area contributed by atoms with E-state index in [0.717, 1.165) is 4.68 Å². The van der Waals surface area contributed by atoms with Gasteiger partial charge in [0.15, 0.2) is 5.54 Å². The molecule has 0 saturated heterocycles. The summed E-state index contributed by atoms with van der Waals surface area (Å²) in [5.41, 5.74) is 0.578. The zero-order valence-electron chi connectivity index (χ0n) is 24.0. The quantitative estimate of drug-likeness (QED) is 0.179. The standard InChI is InChI=1S/C30H29F4N9/c1-5-22-20(6-7-24(31)40-22)27(23-15-43(42-41-23)29(8-9-29)30(32,33)34)39-19-10-17(12-35)25-21(11-19)26(18(13-36)14-37-25)38-16-28(2,3)4/h6-7,10-11,14-15,27,39H,5,8-9,16H2,1-4H3,(H,37,38)/t27-/m0/s1. The molecule has 0 spiro atoms. The molecule has 1 aliphatic rings. The van der Waals surface area contributed by atoms with Gasteiger partial charge in [-0.1, -0.05) is 39.0 Å². The third kappa shape index (κ3) is 5.67. The maximum Gasteiger partial charge on any atom is 0.413 e. The predicted octanol–water partition coefficient (Wildman–Crippen LogP) is 6.38. The second-order valence-electron chi connectivity index (χ2n) is 11.8. The Morgan fingerprint density at radius 1 is 1.09 bits per heavy atom. The van der Waals surface area contributed by atoms with Crippen LogP contribution in [0.2, 0.25) is 0 Å². The average molecular weight is 592 g/mol. The lowest BCUT2D eigenvalue weighted by Gasteiger charge is -2.23. The molecule has 0 unspecified atom stereocenters. The average Bonchev–Trinajstić information content (AvgIpc) is 3.65. The van der Waals surface area contributed by atoms with Gasteiger partial charge < -0.3 is 10.6 Å². The smallest absolute Gasteiger partial charge is 0.383 e. The second-order valence-corrected chi connectivity index (χ2v) is 11.8. The van der Waals surface area contributed by atoms with Crippen LogP contribution in [0.3, 0.4) is 0 Å². The molecule has 0 amide bonds. The summed E-state index contributed by atoms with van der Waals surface area (Å²) in [6.07, 6.45) is -1.72. The third-order valence-electron chi connectivity index (χ3n) is 7.44. The summed E-state index contributed by atoms with van der Waals surface area (Å²) >= 11 is 0. The van der Waals surface area contributed by atoms with Crippen LogP contribution in [0.25, 0.3) is 10.9 Å². The largest absolute Gasteiger partial charge is 0.413 e. The van der Waals surface area contributed by atoms with E-state index >= 15 is 0 Å². The molecule has 1 aromatic carbocycles. The lowest BCUT2D eigenvalue weighted by atomic mass is 9.96. The van der Waals surface area contributed by atoms with Gasteiger partial charge >= 0.3 is 6.18 Å². The van der Waals surface area contributed by atoms with Crippen LogP contribution in [0.5, 0.6) is 0 Å². The van der Waals surface area contributed by atoms with Crippen LogP contribution in [0.1, 0.15) is 74.7 Å². The van der Waals surface area contributed by atoms with Gasteiger partial charge in [-0.2, -0.15) is 28.1 Å². The van der Waals surface area contributed by atoms with Gasteiger partial charge in [-0.05, 0) is 42.9 Å². The Labute approximate surface area is 245 Å². The van der Waals surface area contributed by atoms with Crippen LogP contribution in [0, 0.1) is 34.0 Å². The molecule has 2 N–H and O–H groups in total. The van der Waals surface area contributed by atoms with Crippen LogP contribution in [-0.4, -0.2) is 37.7 Å². The summed E-state index contributed by atoms with van der Waals surface area (Å²) < 4.78 is 56.6. The summed E-state index contributed by atoms with van der Waals surface area (Å²) in [5.74, 6) is -0.695. The molecule has 43 heavy (non-hydrogen) atoms. The van der Waals surface area contributed by atoms with E-state index in [1.54, 1.807) is 19.1 Å². The lowest BCUT2D eigenvalue weighted by Crippen LogP contribution is -2.35. The van der Waals surface area contributed by atoms with E-state index < -0.39 is 23.7 Å². The highest BCUT2D eigenvalue weighted by molar-refractivity contribution is 5.99. The van der Waals surface area contributed by atoms with Crippen molar-refractivity contribution in [2.75, 3.05) is 17.2 Å².